The molecule has 0 saturated carbocycles. The molecule has 0 unspecified atom stereocenters. The van der Waals surface area contributed by atoms with E-state index in [1.807, 2.05) is 30.3 Å². The van der Waals surface area contributed by atoms with Crippen LogP contribution in [0, 0.1) is 10.1 Å². The molecule has 0 aliphatic rings. The molecule has 0 saturated heterocycles. The lowest BCUT2D eigenvalue weighted by Crippen LogP contribution is -2.24. The molecule has 3 aromatic carbocycles. The van der Waals surface area contributed by atoms with E-state index in [9.17, 15) is 23.3 Å². The molecule has 0 spiro atoms. The number of hydrogen-bond acceptors (Lipinski definition) is 6. The van der Waals surface area contributed by atoms with Crippen molar-refractivity contribution < 1.29 is 18.1 Å². The van der Waals surface area contributed by atoms with Crippen molar-refractivity contribution in [2.45, 2.75) is 16.2 Å². The van der Waals surface area contributed by atoms with Gasteiger partial charge in [-0.3, -0.25) is 19.6 Å². The molecular formula is C22H21N3O5S2. The maximum Gasteiger partial charge on any atom is 0.270 e. The summed E-state index contributed by atoms with van der Waals surface area (Å²) >= 11 is 1.72. The van der Waals surface area contributed by atoms with Crippen LogP contribution in [0.1, 0.15) is 16.8 Å². The molecule has 3 rings (SSSR count). The average molecular weight is 472 g/mol. The number of carbonyl (C=O) groups is 1. The number of nitrogens with zero attached hydrogens (tertiary/aromatic N) is 1. The first kappa shape index (κ1) is 23.3. The Balaban J connectivity index is 1.51. The maximum absolute atomic E-state index is 12.5. The van der Waals surface area contributed by atoms with Crippen LogP contribution in [0.25, 0.3) is 0 Å². The van der Waals surface area contributed by atoms with Gasteiger partial charge in [-0.1, -0.05) is 24.3 Å². The monoisotopic (exact) mass is 471 g/mol. The number of thioether (sulfide) groups is 1. The van der Waals surface area contributed by atoms with Crippen LogP contribution < -0.4 is 10.0 Å². The summed E-state index contributed by atoms with van der Waals surface area (Å²) in [4.78, 5) is 23.4. The zero-order valence-corrected chi connectivity index (χ0v) is 18.6. The molecule has 3 aromatic rings. The molecule has 166 valence electrons. The van der Waals surface area contributed by atoms with Crippen molar-refractivity contribution in [3.8, 4) is 0 Å². The van der Waals surface area contributed by atoms with E-state index in [2.05, 4.69) is 10.0 Å². The number of non-ortho nitro benzene ring substituents is 1. The summed E-state index contributed by atoms with van der Waals surface area (Å²) in [6.07, 6.45) is 0.812. The Hall–Kier alpha value is -3.37. The van der Waals surface area contributed by atoms with Crippen LogP contribution in [-0.4, -0.2) is 31.5 Å². The van der Waals surface area contributed by atoms with Gasteiger partial charge in [0.15, 0.2) is 0 Å². The van der Waals surface area contributed by atoms with Crippen molar-refractivity contribution >= 4 is 39.1 Å². The first-order valence-electron chi connectivity index (χ1n) is 9.68. The number of rotatable bonds is 10. The number of hydrogen-bond donors (Lipinski definition) is 2. The lowest BCUT2D eigenvalue weighted by Gasteiger charge is -2.09. The number of anilines is 1. The van der Waals surface area contributed by atoms with Crippen molar-refractivity contribution in [3.63, 3.8) is 0 Å². The van der Waals surface area contributed by atoms with E-state index in [-0.39, 0.29) is 22.2 Å². The van der Waals surface area contributed by atoms with E-state index in [0.717, 1.165) is 18.2 Å². The molecule has 0 aliphatic heterocycles. The number of sulfonamides is 1. The van der Waals surface area contributed by atoms with Crippen LogP contribution in [0.3, 0.4) is 0 Å². The summed E-state index contributed by atoms with van der Waals surface area (Å²) in [5, 5.41) is 13.7. The molecule has 0 heterocycles. The van der Waals surface area contributed by atoms with Crippen molar-refractivity contribution in [1.29, 1.82) is 0 Å². The van der Waals surface area contributed by atoms with E-state index in [0.29, 0.717) is 12.1 Å². The van der Waals surface area contributed by atoms with Gasteiger partial charge in [-0.25, -0.2) is 8.42 Å². The Bertz CT molecular complexity index is 1180. The average Bonchev–Trinajstić information content (AvgIpc) is 2.79. The minimum atomic E-state index is -4.00. The van der Waals surface area contributed by atoms with Crippen LogP contribution in [0.4, 0.5) is 11.4 Å². The molecule has 0 atom stereocenters. The Morgan fingerprint density at radius 2 is 1.69 bits per heavy atom. The fraction of sp³-hybridized carbons (Fsp3) is 0.136. The highest BCUT2D eigenvalue weighted by atomic mass is 32.2. The summed E-state index contributed by atoms with van der Waals surface area (Å²) in [5.41, 5.74) is 0.327. The predicted octanol–water partition coefficient (Wildman–Crippen LogP) is 4.31. The van der Waals surface area contributed by atoms with Gasteiger partial charge in [0, 0.05) is 34.8 Å². The highest BCUT2D eigenvalue weighted by Gasteiger charge is 2.18. The second-order valence-corrected chi connectivity index (χ2v) is 9.56. The maximum atomic E-state index is 12.5. The van der Waals surface area contributed by atoms with Gasteiger partial charge in [0.25, 0.3) is 21.6 Å². The van der Waals surface area contributed by atoms with Crippen molar-refractivity contribution in [2.75, 3.05) is 17.0 Å². The molecule has 0 radical (unpaired) electrons. The quantitative estimate of drug-likeness (QED) is 0.197. The van der Waals surface area contributed by atoms with Crippen molar-refractivity contribution in [2.24, 2.45) is 0 Å². The first-order chi connectivity index (χ1) is 15.3. The summed E-state index contributed by atoms with van der Waals surface area (Å²) in [5.74, 6) is 0.630. The van der Waals surface area contributed by atoms with Crippen molar-refractivity contribution in [1.82, 2.24) is 5.32 Å². The molecule has 32 heavy (non-hydrogen) atoms. The third-order valence-corrected chi connectivity index (χ3v) is 6.83. The SMILES string of the molecule is O=C(NCCCSc1ccccc1)c1ccc(NS(=O)(=O)c2cccc([N+](=O)[O-])c2)cc1. The second-order valence-electron chi connectivity index (χ2n) is 6.71. The van der Waals surface area contributed by atoms with Crippen molar-refractivity contribution in [3.05, 3.63) is 94.5 Å². The largest absolute Gasteiger partial charge is 0.352 e. The Morgan fingerprint density at radius 1 is 0.969 bits per heavy atom. The van der Waals surface area contributed by atoms with Gasteiger partial charge in [0.2, 0.25) is 0 Å². The molecule has 0 bridgehead atoms. The van der Waals surface area contributed by atoms with E-state index in [4.69, 9.17) is 0 Å². The van der Waals surface area contributed by atoms with Gasteiger partial charge in [-0.15, -0.1) is 11.8 Å². The Kier molecular flexibility index (Phi) is 7.85. The molecule has 1 amide bonds. The number of nitro benzene ring substituents is 1. The fourth-order valence-electron chi connectivity index (χ4n) is 2.75. The van der Waals surface area contributed by atoms with E-state index in [1.54, 1.807) is 11.8 Å². The zero-order chi connectivity index (χ0) is 23.0. The molecule has 0 fully saturated rings. The van der Waals surface area contributed by atoms with Crippen LogP contribution >= 0.6 is 11.8 Å². The normalized spacial score (nSPS) is 11.0. The van der Waals surface area contributed by atoms with Gasteiger partial charge in [-0.05, 0) is 54.6 Å². The fourth-order valence-corrected chi connectivity index (χ4v) is 4.72. The van der Waals surface area contributed by atoms with Crippen LogP contribution in [0.5, 0.6) is 0 Å². The number of amides is 1. The zero-order valence-electron chi connectivity index (χ0n) is 16.9. The van der Waals surface area contributed by atoms with Crippen LogP contribution in [0.15, 0.2) is 88.7 Å². The molecule has 2 N–H and O–H groups in total. The Labute approximate surface area is 190 Å². The number of benzene rings is 3. The summed E-state index contributed by atoms with van der Waals surface area (Å²) < 4.78 is 27.3. The molecule has 8 nitrogen and oxygen atoms in total. The lowest BCUT2D eigenvalue weighted by atomic mass is 10.2. The topological polar surface area (TPSA) is 118 Å². The van der Waals surface area contributed by atoms with E-state index in [1.165, 1.54) is 47.4 Å². The number of carbonyl (C=O) groups excluding carboxylic acids is 1. The standard InChI is InChI=1S/C22H21N3O5S2/c26-22(23-14-5-15-31-20-7-2-1-3-8-20)17-10-12-18(13-11-17)24-32(29,30)21-9-4-6-19(16-21)25(27)28/h1-4,6-13,16,24H,5,14-15H2,(H,23,26). The molecule has 10 heteroatoms. The summed E-state index contributed by atoms with van der Waals surface area (Å²) in [7, 11) is -4.00. The van der Waals surface area contributed by atoms with Crippen LogP contribution in [-0.2, 0) is 10.0 Å². The van der Waals surface area contributed by atoms with Crippen LogP contribution in [0.2, 0.25) is 0 Å². The highest BCUT2D eigenvalue weighted by Crippen LogP contribution is 2.21. The van der Waals surface area contributed by atoms with E-state index < -0.39 is 14.9 Å². The summed E-state index contributed by atoms with van der Waals surface area (Å²) in [6, 6.07) is 20.8. The minimum Gasteiger partial charge on any atom is -0.352 e. The van der Waals surface area contributed by atoms with Gasteiger partial charge >= 0.3 is 0 Å². The van der Waals surface area contributed by atoms with Gasteiger partial charge in [0.05, 0.1) is 9.82 Å². The minimum absolute atomic E-state index is 0.220. The predicted molar refractivity (Wildman–Crippen MR) is 124 cm³/mol. The van der Waals surface area contributed by atoms with Gasteiger partial charge in [0.1, 0.15) is 0 Å². The third kappa shape index (κ3) is 6.56. The summed E-state index contributed by atoms with van der Waals surface area (Å²) in [6.45, 7) is 0.528. The molecular weight excluding hydrogens is 450 g/mol. The third-order valence-electron chi connectivity index (χ3n) is 4.36. The lowest BCUT2D eigenvalue weighted by molar-refractivity contribution is -0.385. The van der Waals surface area contributed by atoms with E-state index >= 15 is 0 Å². The van der Waals surface area contributed by atoms with Gasteiger partial charge < -0.3 is 5.32 Å². The van der Waals surface area contributed by atoms with Gasteiger partial charge in [-0.2, -0.15) is 0 Å². The number of nitrogens with one attached hydrogen (secondary N) is 2. The smallest absolute Gasteiger partial charge is 0.270 e. The molecule has 0 aromatic heterocycles. The highest BCUT2D eigenvalue weighted by molar-refractivity contribution is 7.99. The molecule has 0 aliphatic carbocycles. The number of nitro groups is 1. The Morgan fingerprint density at radius 3 is 2.38 bits per heavy atom. The second kappa shape index (κ2) is 10.8. The first-order valence-corrected chi connectivity index (χ1v) is 12.2.